The summed E-state index contributed by atoms with van der Waals surface area (Å²) in [5.74, 6) is -3.78. The Bertz CT molecular complexity index is 1020. The van der Waals surface area contributed by atoms with E-state index < -0.39 is 29.7 Å². The molecular formula is C25H33F3N2O4. The van der Waals surface area contributed by atoms with E-state index in [1.54, 1.807) is 26.0 Å². The number of nitrogens with zero attached hydrogens (tertiary/aromatic N) is 1. The Morgan fingerprint density at radius 2 is 1.62 bits per heavy atom. The topological polar surface area (TPSA) is 81.4 Å². The fourth-order valence-electron chi connectivity index (χ4n) is 4.03. The zero-order chi connectivity index (χ0) is 26.1. The number of nitrogens with one attached hydrogen (secondary N) is 1. The Balaban J connectivity index is 2.17. The van der Waals surface area contributed by atoms with Crippen LogP contribution in [0.4, 0.5) is 19.0 Å². The van der Waals surface area contributed by atoms with Gasteiger partial charge in [0.15, 0.2) is 11.9 Å². The first-order chi connectivity index (χ1) is 15.4. The average Bonchev–Trinajstić information content (AvgIpc) is 3.03. The van der Waals surface area contributed by atoms with E-state index in [4.69, 9.17) is 4.74 Å². The van der Waals surface area contributed by atoms with Crippen LogP contribution in [-0.4, -0.2) is 29.1 Å². The minimum absolute atomic E-state index is 0.0539. The van der Waals surface area contributed by atoms with Crippen molar-refractivity contribution >= 4 is 17.5 Å². The third-order valence-corrected chi connectivity index (χ3v) is 5.36. The number of anilines is 1. The van der Waals surface area contributed by atoms with Crippen molar-refractivity contribution < 1.29 is 32.0 Å². The van der Waals surface area contributed by atoms with Gasteiger partial charge in [-0.25, -0.2) is 0 Å². The van der Waals surface area contributed by atoms with Crippen molar-refractivity contribution in [1.29, 1.82) is 0 Å². The molecule has 0 aliphatic rings. The number of alkyl halides is 3. The number of hydrogen-bond donors (Lipinski definition) is 1. The summed E-state index contributed by atoms with van der Waals surface area (Å²) >= 11 is 0. The molecule has 0 fully saturated rings. The molecule has 0 aliphatic carbocycles. The summed E-state index contributed by atoms with van der Waals surface area (Å²) in [5, 5.41) is 5.84. The van der Waals surface area contributed by atoms with Crippen LogP contribution >= 0.6 is 0 Å². The molecule has 2 aromatic rings. The summed E-state index contributed by atoms with van der Waals surface area (Å²) in [5.41, 5.74) is 1.04. The highest BCUT2D eigenvalue weighted by atomic mass is 19.4. The first-order valence-electron chi connectivity index (χ1n) is 11.1. The molecule has 1 heterocycles. The fraction of sp³-hybridized carbons (Fsp3) is 0.560. The van der Waals surface area contributed by atoms with Gasteiger partial charge in [0.25, 0.3) is 5.91 Å². The molecule has 9 heteroatoms. The Morgan fingerprint density at radius 1 is 1.06 bits per heavy atom. The molecule has 2 rings (SSSR count). The first-order valence-corrected chi connectivity index (χ1v) is 11.1. The third kappa shape index (κ3) is 6.84. The van der Waals surface area contributed by atoms with E-state index >= 15 is 0 Å². The zero-order valence-electron chi connectivity index (χ0n) is 20.9. The molecule has 1 atom stereocenters. The van der Waals surface area contributed by atoms with Crippen molar-refractivity contribution in [1.82, 2.24) is 5.16 Å². The van der Waals surface area contributed by atoms with E-state index in [1.165, 1.54) is 6.92 Å². The Morgan fingerprint density at radius 3 is 2.09 bits per heavy atom. The molecule has 0 spiro atoms. The van der Waals surface area contributed by atoms with Gasteiger partial charge in [-0.3, -0.25) is 9.59 Å². The van der Waals surface area contributed by atoms with E-state index in [0.29, 0.717) is 5.75 Å². The van der Waals surface area contributed by atoms with E-state index in [1.807, 2.05) is 12.1 Å². The van der Waals surface area contributed by atoms with Crippen molar-refractivity contribution in [3.05, 3.63) is 41.2 Å². The fourth-order valence-corrected chi connectivity index (χ4v) is 4.03. The highest BCUT2D eigenvalue weighted by molar-refractivity contribution is 6.01. The molecule has 1 unspecified atom stereocenters. The normalized spacial score (nSPS) is 13.6. The van der Waals surface area contributed by atoms with Gasteiger partial charge in [0.1, 0.15) is 5.75 Å². The third-order valence-electron chi connectivity index (χ3n) is 5.36. The monoisotopic (exact) mass is 482 g/mol. The van der Waals surface area contributed by atoms with Crippen molar-refractivity contribution in [2.24, 2.45) is 11.3 Å². The van der Waals surface area contributed by atoms with Crippen molar-refractivity contribution in [3.63, 3.8) is 0 Å². The first kappa shape index (κ1) is 27.4. The highest BCUT2D eigenvalue weighted by Crippen LogP contribution is 2.37. The predicted molar refractivity (Wildman–Crippen MR) is 123 cm³/mol. The molecule has 1 amide bonds. The second-order valence-corrected chi connectivity index (χ2v) is 10.7. The molecule has 6 nitrogen and oxygen atoms in total. The van der Waals surface area contributed by atoms with Crippen LogP contribution in [0, 0.1) is 18.3 Å². The average molecular weight is 483 g/mol. The Hall–Kier alpha value is -2.84. The zero-order valence-corrected chi connectivity index (χ0v) is 20.9. The van der Waals surface area contributed by atoms with Gasteiger partial charge in [-0.05, 0) is 47.8 Å². The van der Waals surface area contributed by atoms with E-state index in [0.717, 1.165) is 12.0 Å². The molecule has 1 aromatic carbocycles. The number of amides is 1. The molecule has 1 N–H and O–H groups in total. The Kier molecular flexibility index (Phi) is 7.90. The van der Waals surface area contributed by atoms with Gasteiger partial charge in [-0.2, -0.15) is 13.2 Å². The smallest absolute Gasteiger partial charge is 0.458 e. The van der Waals surface area contributed by atoms with Crippen LogP contribution in [0.3, 0.4) is 0 Å². The van der Waals surface area contributed by atoms with Gasteiger partial charge in [0, 0.05) is 5.56 Å². The van der Waals surface area contributed by atoms with Gasteiger partial charge in [-0.1, -0.05) is 65.8 Å². The molecule has 0 bridgehead atoms. The van der Waals surface area contributed by atoms with Gasteiger partial charge >= 0.3 is 12.0 Å². The molecule has 0 radical (unpaired) electrons. The number of ketones is 1. The number of carbonyl (C=O) groups is 2. The van der Waals surface area contributed by atoms with Crippen LogP contribution in [0.2, 0.25) is 0 Å². The van der Waals surface area contributed by atoms with Crippen LogP contribution in [0.25, 0.3) is 0 Å². The number of halogens is 3. The van der Waals surface area contributed by atoms with Gasteiger partial charge in [-0.15, -0.1) is 0 Å². The second kappa shape index (κ2) is 9.80. The van der Waals surface area contributed by atoms with Gasteiger partial charge in [0.05, 0.1) is 0 Å². The van der Waals surface area contributed by atoms with E-state index in [9.17, 15) is 22.8 Å². The lowest BCUT2D eigenvalue weighted by molar-refractivity contribution is -0.124. The minimum atomic E-state index is -5.11. The number of hydrogen-bond acceptors (Lipinski definition) is 5. The highest BCUT2D eigenvalue weighted by Gasteiger charge is 2.43. The van der Waals surface area contributed by atoms with Crippen molar-refractivity contribution in [3.8, 4) is 5.75 Å². The number of carbonyl (C=O) groups excluding carboxylic acids is 2. The molecule has 34 heavy (non-hydrogen) atoms. The van der Waals surface area contributed by atoms with Gasteiger partial charge < -0.3 is 14.6 Å². The maximum atomic E-state index is 12.8. The van der Waals surface area contributed by atoms with Crippen LogP contribution in [0.15, 0.2) is 28.8 Å². The second-order valence-electron chi connectivity index (χ2n) is 10.7. The largest absolute Gasteiger partial charge is 0.480 e. The van der Waals surface area contributed by atoms with Crippen LogP contribution in [-0.2, 0) is 10.2 Å². The predicted octanol–water partition coefficient (Wildman–Crippen LogP) is 6.48. The molecular weight excluding hydrogens is 449 g/mol. The summed E-state index contributed by atoms with van der Waals surface area (Å²) < 4.78 is 48.6. The maximum Gasteiger partial charge on any atom is 0.458 e. The summed E-state index contributed by atoms with van der Waals surface area (Å²) in [6.07, 6.45) is -5.08. The number of aromatic nitrogens is 1. The Labute approximate surface area is 198 Å². The lowest BCUT2D eigenvalue weighted by atomic mass is 9.72. The quantitative estimate of drug-likeness (QED) is 0.435. The standard InChI is InChI=1S/C25H33F3N2O4/c1-14(2)18(22(32)29-21-15(3)19(34-30-21)20(31)25(26,27)28)33-17-11-9-16(10-12-17)24(7,8)13-23(4,5)6/h9-12,14,18H,13H2,1-8H3,(H,29,30,32). The maximum absolute atomic E-state index is 12.8. The van der Waals surface area contributed by atoms with Crippen LogP contribution in [0.1, 0.15) is 76.6 Å². The number of ether oxygens (including phenoxy) is 1. The molecule has 1 aromatic heterocycles. The summed E-state index contributed by atoms with van der Waals surface area (Å²) in [6.45, 7) is 15.7. The lowest BCUT2D eigenvalue weighted by Crippen LogP contribution is -2.37. The molecule has 0 saturated heterocycles. The van der Waals surface area contributed by atoms with E-state index in [-0.39, 0.29) is 28.1 Å². The SMILES string of the molecule is Cc1c(NC(=O)C(Oc2ccc(C(C)(C)CC(C)(C)C)cc2)C(C)C)noc1C(=O)C(F)(F)F. The molecule has 0 aliphatic heterocycles. The lowest BCUT2D eigenvalue weighted by Gasteiger charge is -2.33. The van der Waals surface area contributed by atoms with Crippen molar-refractivity contribution in [2.75, 3.05) is 5.32 Å². The molecule has 188 valence electrons. The summed E-state index contributed by atoms with van der Waals surface area (Å²) in [7, 11) is 0. The van der Waals surface area contributed by atoms with Crippen molar-refractivity contribution in [2.45, 2.75) is 79.5 Å². The van der Waals surface area contributed by atoms with E-state index in [2.05, 4.69) is 49.6 Å². The summed E-state index contributed by atoms with van der Waals surface area (Å²) in [6, 6.07) is 7.52. The number of benzene rings is 1. The van der Waals surface area contributed by atoms with Crippen LogP contribution in [0.5, 0.6) is 5.75 Å². The van der Waals surface area contributed by atoms with Crippen LogP contribution < -0.4 is 10.1 Å². The minimum Gasteiger partial charge on any atom is -0.480 e. The van der Waals surface area contributed by atoms with Gasteiger partial charge in [0.2, 0.25) is 5.76 Å². The molecule has 0 saturated carbocycles. The summed E-state index contributed by atoms with van der Waals surface area (Å²) in [4.78, 5) is 24.3. The number of Topliss-reactive ketones (excluding diaryl/α,β-unsaturated/α-hetero) is 1. The number of rotatable bonds is 8.